The lowest BCUT2D eigenvalue weighted by molar-refractivity contribution is 0.242. The monoisotopic (exact) mass is 355 g/mol. The van der Waals surface area contributed by atoms with Crippen LogP contribution in [0.5, 0.6) is 11.5 Å². The number of hydrogen-bond acceptors (Lipinski definition) is 3. The van der Waals surface area contributed by atoms with Crippen LogP contribution < -0.4 is 20.5 Å². The van der Waals surface area contributed by atoms with Gasteiger partial charge in [0.2, 0.25) is 0 Å². The zero-order chi connectivity index (χ0) is 18.9. The van der Waals surface area contributed by atoms with Gasteiger partial charge in [-0.1, -0.05) is 19.1 Å². The number of guanidine groups is 1. The lowest BCUT2D eigenvalue weighted by atomic mass is 9.98. The van der Waals surface area contributed by atoms with Crippen LogP contribution >= 0.6 is 0 Å². The van der Waals surface area contributed by atoms with Gasteiger partial charge in [0.25, 0.3) is 0 Å². The standard InChI is InChI=1S/C21H29N3O2/c1-15(2)26-20-11-7-18(8-12-20)24-21(22)23-14-13-16(3)17-5-9-19(25-4)10-6-17/h5-12,15-16H,13-14H2,1-4H3,(H3,22,23,24). The summed E-state index contributed by atoms with van der Waals surface area (Å²) in [6.45, 7) is 6.86. The molecule has 140 valence electrons. The Labute approximate surface area is 156 Å². The number of nitrogens with one attached hydrogen (secondary N) is 1. The van der Waals surface area contributed by atoms with Crippen LogP contribution in [-0.2, 0) is 0 Å². The fourth-order valence-corrected chi connectivity index (χ4v) is 2.55. The minimum atomic E-state index is 0.160. The van der Waals surface area contributed by atoms with Crippen LogP contribution in [0.25, 0.3) is 0 Å². The molecule has 0 aliphatic heterocycles. The average molecular weight is 355 g/mol. The molecule has 2 aromatic rings. The van der Waals surface area contributed by atoms with E-state index >= 15 is 0 Å². The molecule has 0 saturated carbocycles. The topological polar surface area (TPSA) is 68.9 Å². The lowest BCUT2D eigenvalue weighted by Gasteiger charge is -2.12. The molecule has 0 radical (unpaired) electrons. The van der Waals surface area contributed by atoms with Gasteiger partial charge in [-0.3, -0.25) is 4.99 Å². The van der Waals surface area contributed by atoms with Gasteiger partial charge in [0.1, 0.15) is 11.5 Å². The summed E-state index contributed by atoms with van der Waals surface area (Å²) in [5, 5.41) is 3.11. The van der Waals surface area contributed by atoms with Crippen LogP contribution in [0.3, 0.4) is 0 Å². The predicted molar refractivity (Wildman–Crippen MR) is 108 cm³/mol. The second-order valence-corrected chi connectivity index (χ2v) is 6.55. The second kappa shape index (κ2) is 9.70. The predicted octanol–water partition coefficient (Wildman–Crippen LogP) is 4.40. The van der Waals surface area contributed by atoms with Gasteiger partial charge in [0.05, 0.1) is 13.2 Å². The summed E-state index contributed by atoms with van der Waals surface area (Å²) < 4.78 is 10.8. The Kier molecular flexibility index (Phi) is 7.33. The molecule has 0 heterocycles. The Morgan fingerprint density at radius 3 is 2.19 bits per heavy atom. The van der Waals surface area contributed by atoms with E-state index in [1.807, 2.05) is 50.2 Å². The summed E-state index contributed by atoms with van der Waals surface area (Å²) in [5.74, 6) is 2.54. The van der Waals surface area contributed by atoms with Crippen molar-refractivity contribution < 1.29 is 9.47 Å². The van der Waals surface area contributed by atoms with Crippen molar-refractivity contribution in [2.75, 3.05) is 19.0 Å². The van der Waals surface area contributed by atoms with Gasteiger partial charge >= 0.3 is 0 Å². The first-order valence-electron chi connectivity index (χ1n) is 8.95. The Morgan fingerprint density at radius 2 is 1.62 bits per heavy atom. The van der Waals surface area contributed by atoms with Crippen LogP contribution in [0.1, 0.15) is 38.7 Å². The van der Waals surface area contributed by atoms with Gasteiger partial charge < -0.3 is 20.5 Å². The number of anilines is 1. The number of methoxy groups -OCH3 is 1. The molecule has 0 spiro atoms. The van der Waals surface area contributed by atoms with E-state index in [4.69, 9.17) is 15.2 Å². The average Bonchev–Trinajstić information content (AvgIpc) is 2.63. The second-order valence-electron chi connectivity index (χ2n) is 6.55. The number of rotatable bonds is 8. The number of hydrogen-bond donors (Lipinski definition) is 2. The number of nitrogens with zero attached hydrogens (tertiary/aromatic N) is 1. The van der Waals surface area contributed by atoms with Crippen LogP contribution in [0, 0.1) is 0 Å². The first-order valence-corrected chi connectivity index (χ1v) is 8.95. The van der Waals surface area contributed by atoms with Crippen molar-refractivity contribution in [2.24, 2.45) is 10.7 Å². The highest BCUT2D eigenvalue weighted by molar-refractivity contribution is 5.92. The van der Waals surface area contributed by atoms with E-state index in [0.29, 0.717) is 18.4 Å². The van der Waals surface area contributed by atoms with E-state index in [1.54, 1.807) is 7.11 Å². The Hall–Kier alpha value is -2.69. The lowest BCUT2D eigenvalue weighted by Crippen LogP contribution is -2.23. The largest absolute Gasteiger partial charge is 0.497 e. The zero-order valence-corrected chi connectivity index (χ0v) is 16.0. The molecule has 0 aliphatic rings. The molecule has 5 nitrogen and oxygen atoms in total. The van der Waals surface area contributed by atoms with Crippen molar-refractivity contribution in [2.45, 2.75) is 39.2 Å². The van der Waals surface area contributed by atoms with Crippen LogP contribution in [0.4, 0.5) is 5.69 Å². The normalized spacial score (nSPS) is 12.7. The molecule has 2 aromatic carbocycles. The van der Waals surface area contributed by atoms with E-state index in [-0.39, 0.29) is 6.10 Å². The maximum Gasteiger partial charge on any atom is 0.193 e. The van der Waals surface area contributed by atoms with Crippen molar-refractivity contribution >= 4 is 11.6 Å². The fraction of sp³-hybridized carbons (Fsp3) is 0.381. The van der Waals surface area contributed by atoms with Gasteiger partial charge in [-0.2, -0.15) is 0 Å². The molecule has 0 amide bonds. The smallest absolute Gasteiger partial charge is 0.193 e. The van der Waals surface area contributed by atoms with Crippen molar-refractivity contribution in [3.63, 3.8) is 0 Å². The summed E-state index contributed by atoms with van der Waals surface area (Å²) in [4.78, 5) is 4.42. The summed E-state index contributed by atoms with van der Waals surface area (Å²) in [6, 6.07) is 15.9. The molecule has 3 N–H and O–H groups in total. The van der Waals surface area contributed by atoms with Crippen molar-refractivity contribution in [3.8, 4) is 11.5 Å². The van der Waals surface area contributed by atoms with E-state index in [0.717, 1.165) is 23.6 Å². The van der Waals surface area contributed by atoms with Crippen LogP contribution in [-0.4, -0.2) is 25.7 Å². The van der Waals surface area contributed by atoms with Gasteiger partial charge in [-0.05, 0) is 68.1 Å². The molecule has 0 bridgehead atoms. The van der Waals surface area contributed by atoms with E-state index < -0.39 is 0 Å². The number of benzene rings is 2. The Balaban J connectivity index is 1.81. The molecule has 0 aromatic heterocycles. The van der Waals surface area contributed by atoms with Gasteiger partial charge in [0.15, 0.2) is 5.96 Å². The highest BCUT2D eigenvalue weighted by atomic mass is 16.5. The highest BCUT2D eigenvalue weighted by Crippen LogP contribution is 2.22. The number of ether oxygens (including phenoxy) is 2. The minimum Gasteiger partial charge on any atom is -0.497 e. The molecule has 5 heteroatoms. The van der Waals surface area contributed by atoms with Crippen LogP contribution in [0.2, 0.25) is 0 Å². The number of aliphatic imine (C=N–C) groups is 1. The van der Waals surface area contributed by atoms with E-state index in [9.17, 15) is 0 Å². The first kappa shape index (κ1) is 19.6. The fourth-order valence-electron chi connectivity index (χ4n) is 2.55. The molecule has 2 rings (SSSR count). The summed E-state index contributed by atoms with van der Waals surface area (Å²) in [5.41, 5.74) is 8.14. The van der Waals surface area contributed by atoms with Gasteiger partial charge in [0, 0.05) is 12.2 Å². The third-order valence-corrected chi connectivity index (χ3v) is 4.03. The molecule has 0 fully saturated rings. The quantitative estimate of drug-likeness (QED) is 0.544. The maximum atomic E-state index is 5.98. The molecule has 1 unspecified atom stereocenters. The minimum absolute atomic E-state index is 0.160. The number of nitrogens with two attached hydrogens (primary N) is 1. The molecule has 1 atom stereocenters. The highest BCUT2D eigenvalue weighted by Gasteiger charge is 2.05. The third kappa shape index (κ3) is 6.31. The molecule has 26 heavy (non-hydrogen) atoms. The van der Waals surface area contributed by atoms with E-state index in [2.05, 4.69) is 29.4 Å². The van der Waals surface area contributed by atoms with Crippen molar-refractivity contribution in [1.82, 2.24) is 0 Å². The van der Waals surface area contributed by atoms with Gasteiger partial charge in [-0.25, -0.2) is 0 Å². The Morgan fingerprint density at radius 1 is 1.00 bits per heavy atom. The maximum absolute atomic E-state index is 5.98. The summed E-state index contributed by atoms with van der Waals surface area (Å²) in [7, 11) is 1.67. The molecular formula is C21H29N3O2. The van der Waals surface area contributed by atoms with E-state index in [1.165, 1.54) is 5.56 Å². The third-order valence-electron chi connectivity index (χ3n) is 4.03. The summed E-state index contributed by atoms with van der Waals surface area (Å²) in [6.07, 6.45) is 1.09. The van der Waals surface area contributed by atoms with Crippen molar-refractivity contribution in [1.29, 1.82) is 0 Å². The molecule has 0 aliphatic carbocycles. The zero-order valence-electron chi connectivity index (χ0n) is 16.0. The molecule has 0 saturated heterocycles. The molecular weight excluding hydrogens is 326 g/mol. The first-order chi connectivity index (χ1) is 12.5. The van der Waals surface area contributed by atoms with Crippen molar-refractivity contribution in [3.05, 3.63) is 54.1 Å². The van der Waals surface area contributed by atoms with Crippen LogP contribution in [0.15, 0.2) is 53.5 Å². The Bertz CT molecular complexity index is 694. The summed E-state index contributed by atoms with van der Waals surface area (Å²) >= 11 is 0. The van der Waals surface area contributed by atoms with Gasteiger partial charge in [-0.15, -0.1) is 0 Å². The SMILES string of the molecule is COc1ccc(C(C)CCN=C(N)Nc2ccc(OC(C)C)cc2)cc1.